The first-order chi connectivity index (χ1) is 10.6. The van der Waals surface area contributed by atoms with Gasteiger partial charge in [0.05, 0.1) is 5.60 Å². The molecule has 0 aromatic rings. The van der Waals surface area contributed by atoms with Crippen LogP contribution in [0.5, 0.6) is 0 Å². The summed E-state index contributed by atoms with van der Waals surface area (Å²) < 4.78 is 0. The molecule has 0 aromatic heterocycles. The van der Waals surface area contributed by atoms with Crippen LogP contribution < -0.4 is 0 Å². The molecule has 0 bridgehead atoms. The van der Waals surface area contributed by atoms with Crippen LogP contribution in [0.15, 0.2) is 24.3 Å². The third-order valence-corrected chi connectivity index (χ3v) is 8.18. The van der Waals surface area contributed by atoms with E-state index in [4.69, 9.17) is 0 Å². The quantitative estimate of drug-likeness (QED) is 0.690. The van der Waals surface area contributed by atoms with Gasteiger partial charge in [-0.3, -0.25) is 0 Å². The Morgan fingerprint density at radius 1 is 1.23 bits per heavy atom. The minimum absolute atomic E-state index is 0.137. The second-order valence-corrected chi connectivity index (χ2v) is 8.81. The van der Waals surface area contributed by atoms with Crippen LogP contribution >= 0.6 is 0 Å². The third kappa shape index (κ3) is 1.94. The highest BCUT2D eigenvalue weighted by atomic mass is 16.3. The Balaban J connectivity index is 1.62. The largest absolute Gasteiger partial charge is 0.389 e. The van der Waals surface area contributed by atoms with E-state index in [0.29, 0.717) is 0 Å². The van der Waals surface area contributed by atoms with E-state index in [2.05, 4.69) is 19.6 Å². The van der Waals surface area contributed by atoms with E-state index in [0.717, 1.165) is 36.5 Å². The number of hydrogen-bond acceptors (Lipinski definition) is 1. The summed E-state index contributed by atoms with van der Waals surface area (Å²) in [6.45, 7) is 6.31. The Bertz CT molecular complexity index is 492. The molecule has 0 radical (unpaired) electrons. The maximum atomic E-state index is 11.3. The summed E-state index contributed by atoms with van der Waals surface area (Å²) >= 11 is 0. The molecule has 0 aliphatic heterocycles. The molecule has 4 aliphatic rings. The molecule has 3 fully saturated rings. The first-order valence-electron chi connectivity index (χ1n) is 9.61. The van der Waals surface area contributed by atoms with Gasteiger partial charge in [0.15, 0.2) is 0 Å². The van der Waals surface area contributed by atoms with Gasteiger partial charge in [0.2, 0.25) is 0 Å². The molecule has 0 amide bonds. The van der Waals surface area contributed by atoms with Crippen molar-refractivity contribution in [3.05, 3.63) is 24.3 Å². The topological polar surface area (TPSA) is 20.2 Å². The predicted molar refractivity (Wildman–Crippen MR) is 91.5 cm³/mol. The molecule has 0 spiro atoms. The van der Waals surface area contributed by atoms with Crippen molar-refractivity contribution in [3.63, 3.8) is 0 Å². The van der Waals surface area contributed by atoms with E-state index in [1.807, 2.05) is 6.08 Å². The Hall–Kier alpha value is -0.560. The number of rotatable bonds is 2. The predicted octanol–water partition coefficient (Wildman–Crippen LogP) is 5.26. The highest BCUT2D eigenvalue weighted by molar-refractivity contribution is 5.20. The molecule has 5 unspecified atom stereocenters. The SMILES string of the molecule is C=CC[C@]1(O)CCC2C3CCC4=CCCCC4C3CCC21C. The van der Waals surface area contributed by atoms with Crippen molar-refractivity contribution >= 4 is 0 Å². The summed E-state index contributed by atoms with van der Waals surface area (Å²) in [6, 6.07) is 0. The van der Waals surface area contributed by atoms with Gasteiger partial charge in [0, 0.05) is 0 Å². The molecule has 122 valence electrons. The monoisotopic (exact) mass is 300 g/mol. The first-order valence-corrected chi connectivity index (χ1v) is 9.61. The van der Waals surface area contributed by atoms with Crippen molar-refractivity contribution in [3.8, 4) is 0 Å². The molecule has 22 heavy (non-hydrogen) atoms. The molecule has 1 nitrogen and oxygen atoms in total. The van der Waals surface area contributed by atoms with Crippen LogP contribution in [-0.4, -0.2) is 10.7 Å². The Kier molecular flexibility index (Phi) is 3.56. The van der Waals surface area contributed by atoms with E-state index in [9.17, 15) is 5.11 Å². The van der Waals surface area contributed by atoms with Gasteiger partial charge in [-0.1, -0.05) is 24.6 Å². The summed E-state index contributed by atoms with van der Waals surface area (Å²) in [5, 5.41) is 11.3. The summed E-state index contributed by atoms with van der Waals surface area (Å²) in [5.74, 6) is 3.44. The fraction of sp³-hybridized carbons (Fsp3) is 0.810. The highest BCUT2D eigenvalue weighted by Gasteiger charge is 2.61. The second kappa shape index (κ2) is 5.23. The van der Waals surface area contributed by atoms with E-state index in [1.54, 1.807) is 5.57 Å². The maximum absolute atomic E-state index is 11.3. The minimum atomic E-state index is -0.479. The van der Waals surface area contributed by atoms with E-state index in [-0.39, 0.29) is 5.41 Å². The molecule has 4 rings (SSSR count). The van der Waals surface area contributed by atoms with Crippen LogP contribution in [0.4, 0.5) is 0 Å². The average Bonchev–Trinajstić information content (AvgIpc) is 2.79. The van der Waals surface area contributed by atoms with Crippen molar-refractivity contribution in [2.75, 3.05) is 0 Å². The summed E-state index contributed by atoms with van der Waals surface area (Å²) in [6.07, 6.45) is 17.0. The molecular weight excluding hydrogens is 268 g/mol. The highest BCUT2D eigenvalue weighted by Crippen LogP contribution is 2.65. The van der Waals surface area contributed by atoms with Gasteiger partial charge in [0.25, 0.3) is 0 Å². The zero-order valence-electron chi connectivity index (χ0n) is 14.2. The maximum Gasteiger partial charge on any atom is 0.0738 e. The molecule has 3 saturated carbocycles. The van der Waals surface area contributed by atoms with E-state index < -0.39 is 5.60 Å². The van der Waals surface area contributed by atoms with Gasteiger partial charge >= 0.3 is 0 Å². The molecule has 6 atom stereocenters. The van der Waals surface area contributed by atoms with Crippen molar-refractivity contribution in [2.24, 2.45) is 29.1 Å². The Labute approximate surface area is 135 Å². The fourth-order valence-electron chi connectivity index (χ4n) is 6.99. The van der Waals surface area contributed by atoms with E-state index in [1.165, 1.54) is 51.4 Å². The van der Waals surface area contributed by atoms with Crippen LogP contribution in [0, 0.1) is 29.1 Å². The van der Waals surface area contributed by atoms with Crippen LogP contribution in [0.1, 0.15) is 71.1 Å². The average molecular weight is 300 g/mol. The minimum Gasteiger partial charge on any atom is -0.389 e. The number of hydrogen-bond donors (Lipinski definition) is 1. The summed E-state index contributed by atoms with van der Waals surface area (Å²) in [4.78, 5) is 0. The Morgan fingerprint density at radius 2 is 2.09 bits per heavy atom. The zero-order valence-corrected chi connectivity index (χ0v) is 14.2. The molecule has 1 N–H and O–H groups in total. The lowest BCUT2D eigenvalue weighted by atomic mass is 9.50. The van der Waals surface area contributed by atoms with Crippen molar-refractivity contribution < 1.29 is 5.11 Å². The fourth-order valence-corrected chi connectivity index (χ4v) is 6.99. The molecule has 0 heterocycles. The lowest BCUT2D eigenvalue weighted by Crippen LogP contribution is -2.52. The van der Waals surface area contributed by atoms with Gasteiger partial charge in [-0.15, -0.1) is 6.58 Å². The summed E-state index contributed by atoms with van der Waals surface area (Å²) in [7, 11) is 0. The molecular formula is C21H32O. The van der Waals surface area contributed by atoms with Gasteiger partial charge in [-0.05, 0) is 93.3 Å². The van der Waals surface area contributed by atoms with Crippen LogP contribution in [0.2, 0.25) is 0 Å². The van der Waals surface area contributed by atoms with Crippen molar-refractivity contribution in [2.45, 2.75) is 76.7 Å². The van der Waals surface area contributed by atoms with Crippen LogP contribution in [-0.2, 0) is 0 Å². The Morgan fingerprint density at radius 3 is 2.91 bits per heavy atom. The van der Waals surface area contributed by atoms with Gasteiger partial charge < -0.3 is 5.11 Å². The molecule has 0 saturated heterocycles. The molecule has 4 aliphatic carbocycles. The number of aliphatic hydroxyl groups is 1. The van der Waals surface area contributed by atoms with Gasteiger partial charge in [-0.2, -0.15) is 0 Å². The van der Waals surface area contributed by atoms with E-state index >= 15 is 0 Å². The lowest BCUT2D eigenvalue weighted by molar-refractivity contribution is -0.115. The van der Waals surface area contributed by atoms with Gasteiger partial charge in [0.1, 0.15) is 0 Å². The lowest BCUT2D eigenvalue weighted by Gasteiger charge is -2.55. The molecule has 0 aromatic carbocycles. The van der Waals surface area contributed by atoms with Crippen molar-refractivity contribution in [1.82, 2.24) is 0 Å². The van der Waals surface area contributed by atoms with Crippen molar-refractivity contribution in [1.29, 1.82) is 0 Å². The zero-order chi connectivity index (χ0) is 15.4. The van der Waals surface area contributed by atoms with Crippen LogP contribution in [0.3, 0.4) is 0 Å². The molecule has 1 heteroatoms. The standard InChI is InChI=1S/C21H32O/c1-3-12-21(22)14-11-19-18-9-8-15-6-4-5-7-16(15)17(18)10-13-20(19,21)2/h3,6,16-19,22H,1,4-5,7-14H2,2H3/t16?,17?,18?,19?,20?,21-/m0/s1. The third-order valence-electron chi connectivity index (χ3n) is 8.18. The summed E-state index contributed by atoms with van der Waals surface area (Å²) in [5.41, 5.74) is 1.46. The first kappa shape index (κ1) is 15.0. The normalized spacial score (nSPS) is 50.5. The van der Waals surface area contributed by atoms with Gasteiger partial charge in [-0.25, -0.2) is 0 Å². The number of allylic oxidation sites excluding steroid dienone is 2. The second-order valence-electron chi connectivity index (χ2n) is 8.81. The number of fused-ring (bicyclic) bond motifs is 5. The smallest absolute Gasteiger partial charge is 0.0738 e. The van der Waals surface area contributed by atoms with Crippen LogP contribution in [0.25, 0.3) is 0 Å².